The number of hydrogen-bond donors (Lipinski definition) is 0. The minimum atomic E-state index is -2.01. The Morgan fingerprint density at radius 3 is 2.11 bits per heavy atom. The maximum absolute atomic E-state index is 13.2. The van der Waals surface area contributed by atoms with Gasteiger partial charge in [0, 0.05) is 35.8 Å². The third-order valence-electron chi connectivity index (χ3n) is 8.00. The summed E-state index contributed by atoms with van der Waals surface area (Å²) in [7, 11) is -2.54. The highest BCUT2D eigenvalue weighted by molar-refractivity contribution is 6.74. The number of hydrogen-bond acceptors (Lipinski definition) is 6. The first-order valence-electron chi connectivity index (χ1n) is 12.6. The van der Waals surface area contributed by atoms with E-state index in [0.717, 1.165) is 11.0 Å². The fourth-order valence-corrected chi connectivity index (χ4v) is 5.01. The van der Waals surface area contributed by atoms with Crippen molar-refractivity contribution in [3.63, 3.8) is 0 Å². The summed E-state index contributed by atoms with van der Waals surface area (Å²) in [4.78, 5) is 19.5. The number of fused-ring (bicyclic) bond motifs is 1. The number of anilines is 1. The van der Waals surface area contributed by atoms with Crippen molar-refractivity contribution in [3.8, 4) is 0 Å². The van der Waals surface area contributed by atoms with Crippen molar-refractivity contribution in [2.75, 3.05) is 18.1 Å². The van der Waals surface area contributed by atoms with Crippen LogP contribution in [0.2, 0.25) is 18.1 Å². The zero-order valence-corrected chi connectivity index (χ0v) is 25.1. The molecule has 7 nitrogen and oxygen atoms in total. The molecule has 0 aromatic carbocycles. The fraction of sp³-hybridized carbons (Fsp3) is 0.769. The van der Waals surface area contributed by atoms with Crippen LogP contribution in [0.15, 0.2) is 12.3 Å². The van der Waals surface area contributed by atoms with Crippen molar-refractivity contribution in [2.45, 2.75) is 117 Å². The second kappa shape index (κ2) is 8.57. The second-order valence-corrected chi connectivity index (χ2v) is 18.7. The first-order valence-corrected chi connectivity index (χ1v) is 15.5. The van der Waals surface area contributed by atoms with E-state index in [1.165, 1.54) is 0 Å². The molecule has 0 N–H and O–H groups in total. The van der Waals surface area contributed by atoms with Crippen LogP contribution in [0.4, 0.5) is 10.6 Å². The van der Waals surface area contributed by atoms with E-state index in [0.29, 0.717) is 19.0 Å². The summed E-state index contributed by atoms with van der Waals surface area (Å²) in [5, 5.41) is 0.0818. The molecule has 3 rings (SSSR count). The number of nitrogens with zero attached hydrogens (tertiary/aromatic N) is 2. The van der Waals surface area contributed by atoms with Gasteiger partial charge in [0.2, 0.25) is 0 Å². The molecule has 1 aromatic heterocycles. The Kier molecular flexibility index (Phi) is 6.89. The van der Waals surface area contributed by atoms with Gasteiger partial charge in [-0.2, -0.15) is 0 Å². The van der Waals surface area contributed by atoms with Crippen LogP contribution in [0.5, 0.6) is 0 Å². The highest BCUT2D eigenvalue weighted by Gasteiger charge is 2.53. The van der Waals surface area contributed by atoms with Crippen molar-refractivity contribution in [1.82, 2.24) is 4.98 Å². The smallest absolute Gasteiger partial charge is 0.443 e. The lowest BCUT2D eigenvalue weighted by Gasteiger charge is -2.39. The minimum absolute atomic E-state index is 0.0818. The molecule has 2 aliphatic rings. The Labute approximate surface area is 213 Å². The Hall–Kier alpha value is -1.42. The zero-order chi connectivity index (χ0) is 26.8. The van der Waals surface area contributed by atoms with Crippen LogP contribution in [0.1, 0.15) is 81.7 Å². The summed E-state index contributed by atoms with van der Waals surface area (Å²) < 4.78 is 25.0. The van der Waals surface area contributed by atoms with Gasteiger partial charge >= 0.3 is 13.2 Å². The molecule has 1 fully saturated rings. The number of aromatic nitrogens is 1. The van der Waals surface area contributed by atoms with Gasteiger partial charge in [-0.05, 0) is 66.6 Å². The van der Waals surface area contributed by atoms with Crippen molar-refractivity contribution in [1.29, 1.82) is 0 Å². The summed E-state index contributed by atoms with van der Waals surface area (Å²) in [6, 6.07) is 2.07. The number of ether oxygens (including phenoxy) is 1. The van der Waals surface area contributed by atoms with Gasteiger partial charge in [0.15, 0.2) is 8.32 Å². The largest absolute Gasteiger partial charge is 0.496 e. The van der Waals surface area contributed by atoms with Crippen LogP contribution in [0, 0.1) is 0 Å². The van der Waals surface area contributed by atoms with Gasteiger partial charge in [-0.1, -0.05) is 33.8 Å². The van der Waals surface area contributed by atoms with Crippen LogP contribution in [0.3, 0.4) is 0 Å². The van der Waals surface area contributed by atoms with Crippen LogP contribution < -0.4 is 10.4 Å². The number of rotatable bonds is 4. The molecule has 3 heterocycles. The summed E-state index contributed by atoms with van der Waals surface area (Å²) in [5.41, 5.74) is -0.159. The highest BCUT2D eigenvalue weighted by Crippen LogP contribution is 2.43. The molecule has 196 valence electrons. The Balaban J connectivity index is 2.00. The van der Waals surface area contributed by atoms with Crippen LogP contribution in [0.25, 0.3) is 0 Å². The normalized spacial score (nSPS) is 24.0. The SMILES string of the molecule is CC(C)(C)OC(=O)N1CC(C)(CO[Si](C)(C)C(C)(C)C)c2cc(B3OC(C)(C)C(C)(C)O3)cnc21. The topological polar surface area (TPSA) is 70.1 Å². The van der Waals surface area contributed by atoms with Crippen LogP contribution in [-0.4, -0.2) is 56.5 Å². The van der Waals surface area contributed by atoms with Crippen LogP contribution in [-0.2, 0) is 23.9 Å². The number of carbonyl (C=O) groups is 1. The van der Waals surface area contributed by atoms with Crippen molar-refractivity contribution >= 4 is 32.8 Å². The molecule has 2 aliphatic heterocycles. The van der Waals surface area contributed by atoms with Gasteiger partial charge < -0.3 is 18.5 Å². The Morgan fingerprint density at radius 2 is 1.63 bits per heavy atom. The lowest BCUT2D eigenvalue weighted by atomic mass is 9.76. The van der Waals surface area contributed by atoms with E-state index in [-0.39, 0.29) is 5.04 Å². The van der Waals surface area contributed by atoms with Crippen molar-refractivity contribution < 1.29 is 23.3 Å². The standard InChI is InChI=1S/C26H45BN2O5Si/c1-22(2,3)32-21(30)29-16-26(11,17-31-35(12,13)23(4,5)6)19-14-18(15-28-20(19)29)27-33-24(7,8)25(9,10)34-27/h14-15H,16-17H2,1-13H3. The molecule has 1 amide bonds. The lowest BCUT2D eigenvalue weighted by molar-refractivity contribution is 0.00578. The van der Waals surface area contributed by atoms with E-state index in [4.69, 9.17) is 23.5 Å². The van der Waals surface area contributed by atoms with Gasteiger partial charge in [0.25, 0.3) is 0 Å². The first kappa shape index (κ1) is 28.2. The van der Waals surface area contributed by atoms with E-state index >= 15 is 0 Å². The van der Waals surface area contributed by atoms with Gasteiger partial charge in [0.1, 0.15) is 11.4 Å². The zero-order valence-electron chi connectivity index (χ0n) is 24.1. The first-order chi connectivity index (χ1) is 15.6. The quantitative estimate of drug-likeness (QED) is 0.511. The summed E-state index contributed by atoms with van der Waals surface area (Å²) in [6.45, 7) is 28.0. The summed E-state index contributed by atoms with van der Waals surface area (Å²) in [6.07, 6.45) is 1.35. The van der Waals surface area contributed by atoms with E-state index in [1.54, 1.807) is 11.1 Å². The molecule has 0 bridgehead atoms. The van der Waals surface area contributed by atoms with Gasteiger partial charge in [-0.25, -0.2) is 9.78 Å². The molecule has 1 atom stereocenters. The van der Waals surface area contributed by atoms with Crippen LogP contribution >= 0.6 is 0 Å². The molecular weight excluding hydrogens is 459 g/mol. The molecule has 1 aromatic rings. The number of pyridine rings is 1. The molecular formula is C26H45BN2O5Si. The third kappa shape index (κ3) is 5.48. The van der Waals surface area contributed by atoms with E-state index in [9.17, 15) is 4.79 Å². The molecule has 0 radical (unpaired) electrons. The average Bonchev–Trinajstić information content (AvgIpc) is 3.08. The molecule has 1 saturated heterocycles. The Morgan fingerprint density at radius 1 is 1.09 bits per heavy atom. The second-order valence-electron chi connectivity index (χ2n) is 13.9. The predicted octanol–water partition coefficient (Wildman–Crippen LogP) is 5.42. The molecule has 0 aliphatic carbocycles. The minimum Gasteiger partial charge on any atom is -0.443 e. The molecule has 0 spiro atoms. The third-order valence-corrected chi connectivity index (χ3v) is 12.5. The van der Waals surface area contributed by atoms with Crippen molar-refractivity contribution in [2.24, 2.45) is 0 Å². The van der Waals surface area contributed by atoms with Crippen molar-refractivity contribution in [3.05, 3.63) is 17.8 Å². The predicted molar refractivity (Wildman–Crippen MR) is 144 cm³/mol. The monoisotopic (exact) mass is 504 g/mol. The maximum atomic E-state index is 13.2. The lowest BCUT2D eigenvalue weighted by Crippen LogP contribution is -2.46. The van der Waals surface area contributed by atoms with E-state index < -0.39 is 43.7 Å². The maximum Gasteiger partial charge on any atom is 0.496 e. The van der Waals surface area contributed by atoms with Gasteiger partial charge in [0.05, 0.1) is 11.2 Å². The summed E-state index contributed by atoms with van der Waals surface area (Å²) >= 11 is 0. The summed E-state index contributed by atoms with van der Waals surface area (Å²) in [5.74, 6) is 0.612. The van der Waals surface area contributed by atoms with E-state index in [1.807, 2.05) is 48.5 Å². The molecule has 9 heteroatoms. The molecule has 35 heavy (non-hydrogen) atoms. The van der Waals surface area contributed by atoms with Gasteiger partial charge in [-0.3, -0.25) is 4.90 Å². The Bertz CT molecular complexity index is 967. The molecule has 0 saturated carbocycles. The number of carbonyl (C=O) groups excluding carboxylic acids is 1. The highest BCUT2D eigenvalue weighted by atomic mass is 28.4. The average molecular weight is 505 g/mol. The number of amides is 1. The molecule has 1 unspecified atom stereocenters. The van der Waals surface area contributed by atoms with Gasteiger partial charge in [-0.15, -0.1) is 0 Å². The fourth-order valence-electron chi connectivity index (χ4n) is 3.90. The van der Waals surface area contributed by atoms with E-state index in [2.05, 4.69) is 46.9 Å².